The molecule has 0 bridgehead atoms. The molecule has 0 unspecified atom stereocenters. The van der Waals surface area contributed by atoms with Gasteiger partial charge in [0, 0.05) is 53.4 Å². The summed E-state index contributed by atoms with van der Waals surface area (Å²) in [7, 11) is 0. The van der Waals surface area contributed by atoms with Gasteiger partial charge in [0.1, 0.15) is 5.69 Å². The van der Waals surface area contributed by atoms with E-state index in [1.165, 1.54) is 12.3 Å². The highest BCUT2D eigenvalue weighted by atomic mass is 19.4. The van der Waals surface area contributed by atoms with Crippen molar-refractivity contribution in [1.82, 2.24) is 24.6 Å². The molecule has 7 rings (SSSR count). The minimum atomic E-state index is -4.42. The molecule has 2 fully saturated rings. The third-order valence-corrected chi connectivity index (χ3v) is 8.63. The number of rotatable bonds is 4. The quantitative estimate of drug-likeness (QED) is 0.348. The van der Waals surface area contributed by atoms with Gasteiger partial charge < -0.3 is 9.64 Å². The number of benzene rings is 2. The largest absolute Gasteiger partial charge is 0.416 e. The van der Waals surface area contributed by atoms with Crippen molar-refractivity contribution in [1.29, 1.82) is 0 Å². The predicted octanol–water partition coefficient (Wildman–Crippen LogP) is 5.01. The molecule has 3 aliphatic rings. The maximum atomic E-state index is 13.7. The Hall–Kier alpha value is -3.83. The molecule has 212 valence electrons. The van der Waals surface area contributed by atoms with E-state index < -0.39 is 11.7 Å². The van der Waals surface area contributed by atoms with Crippen LogP contribution in [0.5, 0.6) is 0 Å². The van der Waals surface area contributed by atoms with Gasteiger partial charge in [-0.1, -0.05) is 0 Å². The smallest absolute Gasteiger partial charge is 0.380 e. The fourth-order valence-electron chi connectivity index (χ4n) is 6.28. The third-order valence-electron chi connectivity index (χ3n) is 8.63. The van der Waals surface area contributed by atoms with E-state index in [1.54, 1.807) is 4.90 Å². The lowest BCUT2D eigenvalue weighted by molar-refractivity contribution is -0.137. The maximum absolute atomic E-state index is 13.7. The summed E-state index contributed by atoms with van der Waals surface area (Å²) in [6.07, 6.45) is -1.87. The minimum Gasteiger partial charge on any atom is -0.380 e. The van der Waals surface area contributed by atoms with Crippen LogP contribution in [0.1, 0.15) is 39.3 Å². The average molecular weight is 563 g/mol. The van der Waals surface area contributed by atoms with Gasteiger partial charge in [-0.25, -0.2) is 9.97 Å². The molecule has 2 saturated heterocycles. The van der Waals surface area contributed by atoms with Crippen molar-refractivity contribution in [2.45, 2.75) is 39.5 Å². The van der Waals surface area contributed by atoms with E-state index in [0.717, 1.165) is 79.5 Å². The van der Waals surface area contributed by atoms with Gasteiger partial charge in [0.25, 0.3) is 5.91 Å². The molecule has 0 aliphatic carbocycles. The highest BCUT2D eigenvalue weighted by Crippen LogP contribution is 2.38. The van der Waals surface area contributed by atoms with Gasteiger partial charge in [0.15, 0.2) is 5.82 Å². The molecular formula is C30H29F3N6O2. The lowest BCUT2D eigenvalue weighted by atomic mass is 9.85. The van der Waals surface area contributed by atoms with Crippen molar-refractivity contribution in [3.8, 4) is 11.4 Å². The van der Waals surface area contributed by atoms with Crippen LogP contribution in [0.15, 0.2) is 42.6 Å². The molecule has 0 atom stereocenters. The Bertz CT molecular complexity index is 1690. The Balaban J connectivity index is 1.11. The van der Waals surface area contributed by atoms with Gasteiger partial charge in [-0.3, -0.25) is 14.4 Å². The van der Waals surface area contributed by atoms with Crippen molar-refractivity contribution in [2.24, 2.45) is 5.41 Å². The van der Waals surface area contributed by atoms with E-state index in [-0.39, 0.29) is 5.91 Å². The van der Waals surface area contributed by atoms with Crippen LogP contribution in [-0.4, -0.2) is 63.4 Å². The van der Waals surface area contributed by atoms with Gasteiger partial charge in [-0.05, 0) is 68.8 Å². The first kappa shape index (κ1) is 26.1. The molecule has 3 aliphatic heterocycles. The zero-order chi connectivity index (χ0) is 28.5. The third kappa shape index (κ3) is 4.47. The second kappa shape index (κ2) is 9.35. The number of likely N-dealkylation sites (tertiary alicyclic amines) is 1. The summed E-state index contributed by atoms with van der Waals surface area (Å²) in [6.45, 7) is 9.46. The lowest BCUT2D eigenvalue weighted by Crippen LogP contribution is -2.44. The van der Waals surface area contributed by atoms with Crippen LogP contribution in [0.2, 0.25) is 0 Å². The Labute approximate surface area is 234 Å². The maximum Gasteiger partial charge on any atom is 0.416 e. The van der Waals surface area contributed by atoms with Crippen LogP contribution in [0.4, 0.5) is 18.9 Å². The first-order chi connectivity index (χ1) is 19.6. The van der Waals surface area contributed by atoms with Crippen LogP contribution < -0.4 is 4.90 Å². The van der Waals surface area contributed by atoms with E-state index in [9.17, 15) is 18.0 Å². The summed E-state index contributed by atoms with van der Waals surface area (Å²) < 4.78 is 46.5. The van der Waals surface area contributed by atoms with Gasteiger partial charge in [-0.15, -0.1) is 0 Å². The minimum absolute atomic E-state index is 0.0731. The van der Waals surface area contributed by atoms with Crippen molar-refractivity contribution in [3.05, 3.63) is 70.7 Å². The highest BCUT2D eigenvalue weighted by molar-refractivity contribution is 6.07. The van der Waals surface area contributed by atoms with Crippen LogP contribution in [-0.2, 0) is 24.0 Å². The molecule has 1 spiro atoms. The average Bonchev–Trinajstić information content (AvgIpc) is 3.50. The van der Waals surface area contributed by atoms with Crippen molar-refractivity contribution in [2.75, 3.05) is 37.7 Å². The van der Waals surface area contributed by atoms with Gasteiger partial charge in [-0.2, -0.15) is 18.3 Å². The molecule has 11 heteroatoms. The topological polar surface area (TPSA) is 76.4 Å². The fourth-order valence-corrected chi connectivity index (χ4v) is 6.28. The molecule has 5 heterocycles. The molecule has 1 amide bonds. The van der Waals surface area contributed by atoms with Gasteiger partial charge in [0.05, 0.1) is 36.5 Å². The number of anilines is 1. The lowest BCUT2D eigenvalue weighted by Gasteiger charge is -2.37. The molecular weight excluding hydrogens is 533 g/mol. The summed E-state index contributed by atoms with van der Waals surface area (Å²) in [6, 6.07) is 9.08. The van der Waals surface area contributed by atoms with E-state index in [4.69, 9.17) is 9.84 Å². The predicted molar refractivity (Wildman–Crippen MR) is 146 cm³/mol. The number of alkyl halides is 3. The van der Waals surface area contributed by atoms with Crippen LogP contribution in [0.3, 0.4) is 0 Å². The number of carbonyl (C=O) groups excluding carboxylic acids is 1. The summed E-state index contributed by atoms with van der Waals surface area (Å²) in [5, 5.41) is 5.14. The number of aromatic nitrogens is 4. The molecule has 4 aromatic rings. The molecule has 2 aromatic heterocycles. The van der Waals surface area contributed by atoms with Crippen molar-refractivity contribution < 1.29 is 22.7 Å². The molecule has 41 heavy (non-hydrogen) atoms. The number of carbonyl (C=O) groups is 1. The zero-order valence-corrected chi connectivity index (χ0v) is 22.8. The normalized spacial score (nSPS) is 18.8. The Morgan fingerprint density at radius 3 is 2.59 bits per heavy atom. The SMILES string of the molecule is Cc1cc(-c2ncc3cc(C(F)(F)F)ccc3n2)ccc1N1CCn2nc(CN3CCC4(COC4)C3)c(C)c2C1=O. The zero-order valence-electron chi connectivity index (χ0n) is 22.8. The Morgan fingerprint density at radius 2 is 1.88 bits per heavy atom. The number of ether oxygens (including phenoxy) is 1. The summed E-state index contributed by atoms with van der Waals surface area (Å²) >= 11 is 0. The van der Waals surface area contributed by atoms with Crippen LogP contribution in [0, 0.1) is 19.3 Å². The highest BCUT2D eigenvalue weighted by Gasteiger charge is 2.44. The first-order valence-electron chi connectivity index (χ1n) is 13.7. The molecule has 8 nitrogen and oxygen atoms in total. The van der Waals surface area contributed by atoms with E-state index >= 15 is 0 Å². The number of halogens is 3. The second-order valence-electron chi connectivity index (χ2n) is 11.5. The number of amides is 1. The van der Waals surface area contributed by atoms with Gasteiger partial charge >= 0.3 is 6.18 Å². The second-order valence-corrected chi connectivity index (χ2v) is 11.5. The monoisotopic (exact) mass is 562 g/mol. The fraction of sp³-hybridized carbons (Fsp3) is 0.400. The molecule has 0 N–H and O–H groups in total. The van der Waals surface area contributed by atoms with Crippen molar-refractivity contribution in [3.63, 3.8) is 0 Å². The number of hydrogen-bond donors (Lipinski definition) is 0. The number of nitrogens with zero attached hydrogens (tertiary/aromatic N) is 6. The standard InChI is InChI=1S/C30H29F3N6O2/c1-18-11-20(27-34-13-21-12-22(30(31,32)33)4-5-23(21)35-27)3-6-25(18)38-9-10-39-26(28(38)40)19(2)24(36-39)14-37-8-7-29(15-37)16-41-17-29/h3-6,11-13H,7-10,14-17H2,1-2H3. The number of fused-ring (bicyclic) bond motifs is 2. The van der Waals surface area contributed by atoms with E-state index in [1.807, 2.05) is 36.7 Å². The summed E-state index contributed by atoms with van der Waals surface area (Å²) in [5.41, 5.74) is 4.92. The first-order valence-corrected chi connectivity index (χ1v) is 13.7. The molecule has 0 saturated carbocycles. The van der Waals surface area contributed by atoms with E-state index in [0.29, 0.717) is 40.9 Å². The Morgan fingerprint density at radius 1 is 1.05 bits per heavy atom. The van der Waals surface area contributed by atoms with Crippen molar-refractivity contribution >= 4 is 22.5 Å². The summed E-state index contributed by atoms with van der Waals surface area (Å²) in [5.74, 6) is 0.337. The number of hydrogen-bond acceptors (Lipinski definition) is 6. The summed E-state index contributed by atoms with van der Waals surface area (Å²) in [4.78, 5) is 26.8. The van der Waals surface area contributed by atoms with Gasteiger partial charge in [0.2, 0.25) is 0 Å². The molecule has 0 radical (unpaired) electrons. The Kier molecular flexibility index (Phi) is 5.95. The number of aryl methyl sites for hydroxylation is 1. The van der Waals surface area contributed by atoms with E-state index in [2.05, 4.69) is 14.9 Å². The molecule has 2 aromatic carbocycles. The van der Waals surface area contributed by atoms with Crippen LogP contribution in [0.25, 0.3) is 22.3 Å². The van der Waals surface area contributed by atoms with Crippen LogP contribution >= 0.6 is 0 Å².